The van der Waals surface area contributed by atoms with Gasteiger partial charge in [0.2, 0.25) is 0 Å². The van der Waals surface area contributed by atoms with E-state index in [-0.39, 0.29) is 73.5 Å². The van der Waals surface area contributed by atoms with E-state index in [4.69, 9.17) is 0 Å². The molecule has 0 bridgehead atoms. The van der Waals surface area contributed by atoms with Crippen LogP contribution in [0.5, 0.6) is 0 Å². The summed E-state index contributed by atoms with van der Waals surface area (Å²) in [6.45, 7) is 42.7. The minimum absolute atomic E-state index is 0. The average Bonchev–Trinajstić information content (AvgIpc) is 3.72. The van der Waals surface area contributed by atoms with E-state index in [1.165, 1.54) is 60.8 Å². The minimum atomic E-state index is 0. The van der Waals surface area contributed by atoms with Crippen molar-refractivity contribution in [3.05, 3.63) is 173 Å². The van der Waals surface area contributed by atoms with Crippen LogP contribution in [0.25, 0.3) is 0 Å². The number of benzene rings is 2. The molecule has 0 aliphatic heterocycles. The molecule has 0 spiro atoms. The van der Waals surface area contributed by atoms with Crippen molar-refractivity contribution in [2.24, 2.45) is 55.2 Å². The van der Waals surface area contributed by atoms with Crippen molar-refractivity contribution in [1.29, 1.82) is 0 Å². The molecule has 0 aromatic heterocycles. The van der Waals surface area contributed by atoms with E-state index in [1.54, 1.807) is 0 Å². The molecule has 8 rings (SSSR count). The maximum absolute atomic E-state index is 3.26. The van der Waals surface area contributed by atoms with Gasteiger partial charge in [0.1, 0.15) is 0 Å². The molecule has 9 atom stereocenters. The number of allylic oxidation sites excluding steroid dienone is 16. The topological polar surface area (TPSA) is 0 Å². The Labute approximate surface area is 413 Å². The minimum Gasteiger partial charge on any atom is -1.00 e. The fourth-order valence-corrected chi connectivity index (χ4v) is 13.6. The summed E-state index contributed by atoms with van der Waals surface area (Å²) in [7, 11) is 0. The summed E-state index contributed by atoms with van der Waals surface area (Å²) in [4.78, 5) is 0. The third-order valence-corrected chi connectivity index (χ3v) is 19.3. The Morgan fingerprint density at radius 3 is 1.38 bits per heavy atom. The van der Waals surface area contributed by atoms with E-state index in [9.17, 15) is 0 Å². The molecule has 0 nitrogen and oxygen atoms in total. The summed E-state index contributed by atoms with van der Waals surface area (Å²) in [6, 6.07) is 18.1. The molecular formula is C60H78Cl2Zr-2. The molecule has 9 unspecified atom stereocenters. The summed E-state index contributed by atoms with van der Waals surface area (Å²) in [5.74, 6) is 0.982. The summed E-state index contributed by atoms with van der Waals surface area (Å²) >= 11 is 1.46. The fraction of sp³-hybridized carbons (Fsp3) is 0.500. The average molecular weight is 961 g/mol. The Morgan fingerprint density at radius 2 is 1.00 bits per heavy atom. The van der Waals surface area contributed by atoms with Crippen LogP contribution in [0, 0.1) is 67.7 Å². The van der Waals surface area contributed by atoms with E-state index in [2.05, 4.69) is 265 Å². The van der Waals surface area contributed by atoms with Crippen LogP contribution in [0.1, 0.15) is 147 Å². The van der Waals surface area contributed by atoms with Gasteiger partial charge in [-0.25, -0.2) is 6.08 Å². The maximum Gasteiger partial charge on any atom is 0.00455 e. The van der Waals surface area contributed by atoms with E-state index in [1.807, 2.05) is 0 Å². The molecule has 6 aliphatic rings. The van der Waals surface area contributed by atoms with E-state index < -0.39 is 0 Å². The van der Waals surface area contributed by atoms with Gasteiger partial charge >= 0.3 is 151 Å². The van der Waals surface area contributed by atoms with Gasteiger partial charge in [0.05, 0.1) is 0 Å². The zero-order chi connectivity index (χ0) is 45.5. The normalized spacial score (nSPS) is 35.5. The quantitative estimate of drug-likeness (QED) is 0.263. The zero-order valence-electron chi connectivity index (χ0n) is 42.1. The van der Waals surface area contributed by atoms with E-state index in [0.29, 0.717) is 17.3 Å². The maximum atomic E-state index is 3.26. The molecule has 0 N–H and O–H groups in total. The van der Waals surface area contributed by atoms with Crippen molar-refractivity contribution < 1.29 is 49.0 Å². The van der Waals surface area contributed by atoms with Crippen LogP contribution in [-0.2, 0) is 35.1 Å². The van der Waals surface area contributed by atoms with Gasteiger partial charge < -0.3 is 31.2 Å². The van der Waals surface area contributed by atoms with Crippen molar-refractivity contribution in [3.8, 4) is 0 Å². The summed E-state index contributed by atoms with van der Waals surface area (Å²) in [6.07, 6.45) is 36.9. The molecule has 6 aliphatic carbocycles. The third kappa shape index (κ3) is 8.09. The van der Waals surface area contributed by atoms with Crippen molar-refractivity contribution in [2.75, 3.05) is 0 Å². The second-order valence-corrected chi connectivity index (χ2v) is 24.9. The molecule has 0 saturated heterocycles. The third-order valence-electron chi connectivity index (χ3n) is 17.9. The smallest absolute Gasteiger partial charge is 0.00455 e. The Morgan fingerprint density at radius 1 is 0.587 bits per heavy atom. The predicted molar refractivity (Wildman–Crippen MR) is 262 cm³/mol. The summed E-state index contributed by atoms with van der Waals surface area (Å²) < 4.78 is 1.42. The van der Waals surface area contributed by atoms with Gasteiger partial charge in [0, 0.05) is 10.8 Å². The molecule has 338 valence electrons. The van der Waals surface area contributed by atoms with Crippen LogP contribution in [0.2, 0.25) is 0 Å². The molecule has 0 heterocycles. The Kier molecular flexibility index (Phi) is 15.0. The molecule has 2 aromatic rings. The second kappa shape index (κ2) is 17.7. The number of fused-ring (bicyclic) bond motifs is 8. The van der Waals surface area contributed by atoms with Gasteiger partial charge in [0.25, 0.3) is 0 Å². The molecule has 2 saturated carbocycles. The van der Waals surface area contributed by atoms with Crippen LogP contribution in [0.15, 0.2) is 139 Å². The molecule has 0 amide bonds. The van der Waals surface area contributed by atoms with Crippen molar-refractivity contribution >= 4 is 3.21 Å². The van der Waals surface area contributed by atoms with Crippen molar-refractivity contribution in [1.82, 2.24) is 0 Å². The van der Waals surface area contributed by atoms with Gasteiger partial charge in [0.15, 0.2) is 0 Å². The Balaban J connectivity index is 0.000000227. The number of hydrogen-bond donors (Lipinski definition) is 0. The number of rotatable bonds is 2. The fourth-order valence-electron chi connectivity index (χ4n) is 12.7. The first-order valence-corrected chi connectivity index (χ1v) is 24.3. The van der Waals surface area contributed by atoms with E-state index in [0.717, 1.165) is 0 Å². The number of hydrogen-bond acceptors (Lipinski definition) is 0. The molecule has 2 aromatic carbocycles. The molecule has 0 radical (unpaired) electrons. The predicted octanol–water partition coefficient (Wildman–Crippen LogP) is 10.0. The first kappa shape index (κ1) is 53.3. The van der Waals surface area contributed by atoms with Crippen LogP contribution in [-0.4, -0.2) is 3.21 Å². The number of halogens is 2. The summed E-state index contributed by atoms with van der Waals surface area (Å²) in [5, 5.41) is 0. The van der Waals surface area contributed by atoms with Crippen LogP contribution in [0.3, 0.4) is 0 Å². The first-order valence-electron chi connectivity index (χ1n) is 23.1. The standard InChI is InChI=1S/C29H37.C21H26.C10H15.2ClH.Zr/c1-21-14-13-15-22-20-27(6)25(4)18-10-9-16-23(25,2)24(3)17-11-12-19-26(24,5)29(27,8)28(21,22)7;1-20(2,3)18-11-7-16(8-12-18)15-17-9-13-19(14-10-17)21(4,5)6;1-8-5-6-9(7-8)10(2,3)4;;;/h9-20,22H,1-8H3;7-14H,1-6H3;6-8H,1-4H3;2*1H;/q-1;;-1;;;+2/p-2. The van der Waals surface area contributed by atoms with Gasteiger partial charge in [-0.1, -0.05) is 154 Å². The molecule has 63 heavy (non-hydrogen) atoms. The van der Waals surface area contributed by atoms with Gasteiger partial charge in [-0.2, -0.15) is 11.6 Å². The Hall–Kier alpha value is -2.31. The van der Waals surface area contributed by atoms with Gasteiger partial charge in [-0.05, 0) is 28.6 Å². The Bertz CT molecular complexity index is 2210. The largest absolute Gasteiger partial charge is 1.00 e. The summed E-state index contributed by atoms with van der Waals surface area (Å²) in [5.41, 5.74) is 9.35. The van der Waals surface area contributed by atoms with E-state index >= 15 is 0 Å². The van der Waals surface area contributed by atoms with Crippen LogP contribution < -0.4 is 24.8 Å². The second-order valence-electron chi connectivity index (χ2n) is 23.7. The monoisotopic (exact) mass is 958 g/mol. The van der Waals surface area contributed by atoms with Crippen molar-refractivity contribution in [3.63, 3.8) is 0 Å². The zero-order valence-corrected chi connectivity index (χ0v) is 46.1. The van der Waals surface area contributed by atoms with Crippen molar-refractivity contribution in [2.45, 2.75) is 135 Å². The van der Waals surface area contributed by atoms with Gasteiger partial charge in [-0.15, -0.1) is 17.4 Å². The SMILES string of the molecule is CC(C)(C)c1ccc([C](=[Zr+2])c2ccc(C(C)(C)C)cc2)cc1.CC1=CC=CC2[CH-]C3(C)C4(C)C=CC=CC4(C)C4(C)C=CC=CC4(C)C3(C)C12C.CC1[C-]=CC(C(C)(C)C)=C1.[Cl-].[Cl-]. The molecule has 2 fully saturated rings. The molecule has 3 heteroatoms. The first-order chi connectivity index (χ1) is 28.0. The van der Waals surface area contributed by atoms with Gasteiger partial charge in [-0.3, -0.25) is 6.08 Å². The van der Waals surface area contributed by atoms with Crippen LogP contribution >= 0.6 is 0 Å². The van der Waals surface area contributed by atoms with Crippen LogP contribution in [0.4, 0.5) is 0 Å². The molecular weight excluding hydrogens is 883 g/mol.